The van der Waals surface area contributed by atoms with Gasteiger partial charge >= 0.3 is 12.1 Å². The molecule has 0 aromatic heterocycles. The van der Waals surface area contributed by atoms with E-state index in [0.29, 0.717) is 0 Å². The Labute approximate surface area is 137 Å². The van der Waals surface area contributed by atoms with Gasteiger partial charge in [0.2, 0.25) is 0 Å². The van der Waals surface area contributed by atoms with Crippen LogP contribution in [0.4, 0.5) is 19.3 Å². The molecule has 0 heterocycles. The lowest BCUT2D eigenvalue weighted by Gasteiger charge is -2.21. The van der Waals surface area contributed by atoms with Crippen LogP contribution in [0, 0.1) is 0 Å². The molecule has 1 atom stereocenters. The Morgan fingerprint density at radius 3 is 2.29 bits per heavy atom. The summed E-state index contributed by atoms with van der Waals surface area (Å²) in [4.78, 5) is 23.2. The Morgan fingerprint density at radius 1 is 1.29 bits per heavy atom. The molecule has 0 aliphatic heterocycles. The number of hydrogen-bond acceptors (Lipinski definition) is 4. The largest absolute Gasteiger partial charge is 0.496 e. The molecule has 1 amide bonds. The Bertz CT molecular complexity index is 684. The average molecular weight is 343 g/mol. The maximum atomic E-state index is 13.8. The molecule has 1 aliphatic carbocycles. The molecule has 132 valence electrons. The third kappa shape index (κ3) is 3.13. The fourth-order valence-corrected chi connectivity index (χ4v) is 2.47. The molecule has 2 rings (SSSR count). The van der Waals surface area contributed by atoms with Crippen LogP contribution < -0.4 is 10.1 Å². The van der Waals surface area contributed by atoms with E-state index in [9.17, 15) is 23.5 Å². The average Bonchev–Trinajstić information content (AvgIpc) is 3.01. The molecule has 1 aromatic carbocycles. The van der Waals surface area contributed by atoms with E-state index < -0.39 is 35.4 Å². The quantitative estimate of drug-likeness (QED) is 0.875. The molecule has 0 spiro atoms. The number of carboxylic acids is 1. The first kappa shape index (κ1) is 18.0. The van der Waals surface area contributed by atoms with Gasteiger partial charge in [0.05, 0.1) is 7.11 Å². The number of aliphatic carboxylic acids is 1. The van der Waals surface area contributed by atoms with Crippen molar-refractivity contribution in [3.63, 3.8) is 0 Å². The highest BCUT2D eigenvalue weighted by atomic mass is 19.3. The van der Waals surface area contributed by atoms with E-state index in [0.717, 1.165) is 0 Å². The topological polar surface area (TPSA) is 84.9 Å². The Hall–Kier alpha value is -2.38. The first-order chi connectivity index (χ1) is 10.9. The number of carboxylic acid groups (broad SMARTS) is 1. The van der Waals surface area contributed by atoms with Gasteiger partial charge in [-0.15, -0.1) is 0 Å². The van der Waals surface area contributed by atoms with Crippen molar-refractivity contribution in [3.8, 4) is 5.75 Å². The van der Waals surface area contributed by atoms with Crippen molar-refractivity contribution in [2.45, 2.75) is 44.1 Å². The van der Waals surface area contributed by atoms with Crippen LogP contribution in [0.15, 0.2) is 18.2 Å². The lowest BCUT2D eigenvalue weighted by atomic mass is 9.93. The Kier molecular flexibility index (Phi) is 4.20. The van der Waals surface area contributed by atoms with Crippen LogP contribution in [0.1, 0.15) is 32.8 Å². The highest BCUT2D eigenvalue weighted by molar-refractivity contribution is 5.90. The van der Waals surface area contributed by atoms with Gasteiger partial charge in [0.15, 0.2) is 5.41 Å². The molecule has 1 unspecified atom stereocenters. The zero-order valence-electron chi connectivity index (χ0n) is 13.8. The summed E-state index contributed by atoms with van der Waals surface area (Å²) in [7, 11) is 1.26. The van der Waals surface area contributed by atoms with E-state index in [2.05, 4.69) is 5.32 Å². The zero-order chi connectivity index (χ0) is 18.3. The SMILES string of the molecule is COc1ccc(NC(=O)OC(C)(C)C)cc1C1(C(=O)O)CC1(F)F. The summed E-state index contributed by atoms with van der Waals surface area (Å²) in [6.45, 7) is 5.03. The molecule has 0 saturated heterocycles. The van der Waals surface area contributed by atoms with Crippen LogP contribution >= 0.6 is 0 Å². The molecular formula is C16H19F2NO5. The smallest absolute Gasteiger partial charge is 0.412 e. The van der Waals surface area contributed by atoms with Gasteiger partial charge in [0.25, 0.3) is 5.92 Å². The first-order valence-electron chi connectivity index (χ1n) is 7.23. The van der Waals surface area contributed by atoms with Crippen molar-refractivity contribution in [1.82, 2.24) is 0 Å². The normalized spacial score (nSPS) is 21.8. The van der Waals surface area contributed by atoms with Gasteiger partial charge in [0.1, 0.15) is 11.4 Å². The van der Waals surface area contributed by atoms with Crippen LogP contribution in [-0.4, -0.2) is 35.8 Å². The van der Waals surface area contributed by atoms with E-state index in [-0.39, 0.29) is 17.0 Å². The van der Waals surface area contributed by atoms with E-state index in [1.165, 1.54) is 25.3 Å². The number of alkyl halides is 2. The summed E-state index contributed by atoms with van der Waals surface area (Å²) >= 11 is 0. The highest BCUT2D eigenvalue weighted by Crippen LogP contribution is 2.63. The minimum Gasteiger partial charge on any atom is -0.496 e. The lowest BCUT2D eigenvalue weighted by Crippen LogP contribution is -2.29. The molecule has 2 N–H and O–H groups in total. The number of carbonyl (C=O) groups is 2. The van der Waals surface area contributed by atoms with Gasteiger partial charge in [0, 0.05) is 17.7 Å². The van der Waals surface area contributed by atoms with E-state index >= 15 is 0 Å². The second-order valence-electron chi connectivity index (χ2n) is 6.63. The van der Waals surface area contributed by atoms with Crippen LogP contribution in [0.25, 0.3) is 0 Å². The monoisotopic (exact) mass is 343 g/mol. The number of halogens is 2. The number of rotatable bonds is 4. The fraction of sp³-hybridized carbons (Fsp3) is 0.500. The molecule has 0 bridgehead atoms. The maximum Gasteiger partial charge on any atom is 0.412 e. The molecule has 1 aromatic rings. The number of nitrogens with one attached hydrogen (secondary N) is 1. The van der Waals surface area contributed by atoms with Gasteiger partial charge < -0.3 is 14.6 Å². The van der Waals surface area contributed by atoms with Crippen molar-refractivity contribution in [1.29, 1.82) is 0 Å². The van der Waals surface area contributed by atoms with Crippen molar-refractivity contribution >= 4 is 17.7 Å². The molecular weight excluding hydrogens is 324 g/mol. The van der Waals surface area contributed by atoms with Gasteiger partial charge in [-0.3, -0.25) is 10.1 Å². The molecule has 1 fully saturated rings. The predicted molar refractivity (Wildman–Crippen MR) is 81.7 cm³/mol. The number of amides is 1. The van der Waals surface area contributed by atoms with Crippen LogP contribution in [0.2, 0.25) is 0 Å². The van der Waals surface area contributed by atoms with Gasteiger partial charge in [-0.25, -0.2) is 13.6 Å². The minimum atomic E-state index is -3.38. The second kappa shape index (κ2) is 5.61. The number of methoxy groups -OCH3 is 1. The summed E-state index contributed by atoms with van der Waals surface area (Å²) in [5.41, 5.74) is -3.12. The van der Waals surface area contributed by atoms with Crippen LogP contribution in [0.5, 0.6) is 5.75 Å². The van der Waals surface area contributed by atoms with Crippen LogP contribution in [-0.2, 0) is 14.9 Å². The third-order valence-electron chi connectivity index (χ3n) is 3.66. The molecule has 1 aliphatic rings. The van der Waals surface area contributed by atoms with Gasteiger partial charge in [-0.05, 0) is 39.0 Å². The molecule has 8 heteroatoms. The summed E-state index contributed by atoms with van der Waals surface area (Å²) < 4.78 is 37.6. The molecule has 24 heavy (non-hydrogen) atoms. The maximum absolute atomic E-state index is 13.8. The van der Waals surface area contributed by atoms with Gasteiger partial charge in [-0.1, -0.05) is 0 Å². The lowest BCUT2D eigenvalue weighted by molar-refractivity contribution is -0.143. The van der Waals surface area contributed by atoms with Gasteiger partial charge in [-0.2, -0.15) is 0 Å². The summed E-state index contributed by atoms with van der Waals surface area (Å²) in [6.07, 6.45) is -1.59. The Balaban J connectivity index is 2.36. The summed E-state index contributed by atoms with van der Waals surface area (Å²) in [6, 6.07) is 3.93. The van der Waals surface area contributed by atoms with E-state index in [1.807, 2.05) is 0 Å². The second-order valence-corrected chi connectivity index (χ2v) is 6.63. The Morgan fingerprint density at radius 2 is 1.88 bits per heavy atom. The number of anilines is 1. The van der Waals surface area contributed by atoms with E-state index in [1.54, 1.807) is 20.8 Å². The van der Waals surface area contributed by atoms with Crippen molar-refractivity contribution in [2.24, 2.45) is 0 Å². The van der Waals surface area contributed by atoms with Crippen LogP contribution in [0.3, 0.4) is 0 Å². The standard InChI is InChI=1S/C16H19F2NO5/c1-14(2,3)24-13(22)19-9-5-6-11(23-4)10(7-9)15(12(20)21)8-16(15,17)18/h5-7H,8H2,1-4H3,(H,19,22)(H,20,21). The summed E-state index contributed by atoms with van der Waals surface area (Å²) in [5.74, 6) is -5.00. The summed E-state index contributed by atoms with van der Waals surface area (Å²) in [5, 5.41) is 11.7. The highest BCUT2D eigenvalue weighted by Gasteiger charge is 2.78. The van der Waals surface area contributed by atoms with Crippen molar-refractivity contribution < 1.29 is 33.0 Å². The number of carbonyl (C=O) groups excluding carboxylic acids is 1. The minimum absolute atomic E-state index is 0.0179. The number of hydrogen-bond donors (Lipinski definition) is 2. The molecule has 0 radical (unpaired) electrons. The zero-order valence-corrected chi connectivity index (χ0v) is 13.8. The number of ether oxygens (including phenoxy) is 2. The first-order valence-corrected chi connectivity index (χ1v) is 7.23. The molecule has 1 saturated carbocycles. The van der Waals surface area contributed by atoms with E-state index in [4.69, 9.17) is 9.47 Å². The predicted octanol–water partition coefficient (Wildman–Crippen LogP) is 3.40. The molecule has 6 nitrogen and oxygen atoms in total. The number of benzene rings is 1. The fourth-order valence-electron chi connectivity index (χ4n) is 2.47. The third-order valence-corrected chi connectivity index (χ3v) is 3.66. The van der Waals surface area contributed by atoms with Crippen molar-refractivity contribution in [2.75, 3.05) is 12.4 Å². The van der Waals surface area contributed by atoms with Crippen molar-refractivity contribution in [3.05, 3.63) is 23.8 Å².